The van der Waals surface area contributed by atoms with Crippen LogP contribution in [0, 0.1) is 0 Å². The van der Waals surface area contributed by atoms with Crippen LogP contribution in [0.2, 0.25) is 0 Å². The van der Waals surface area contributed by atoms with Crippen molar-refractivity contribution in [1.82, 2.24) is 0 Å². The Balaban J connectivity index is 1.17. The van der Waals surface area contributed by atoms with Crippen LogP contribution >= 0.6 is 11.3 Å². The van der Waals surface area contributed by atoms with Gasteiger partial charge in [0, 0.05) is 42.6 Å². The molecule has 13 rings (SSSR count). The van der Waals surface area contributed by atoms with Gasteiger partial charge in [-0.2, -0.15) is 0 Å². The number of hydrogen-bond acceptors (Lipinski definition) is 2. The van der Waals surface area contributed by atoms with Gasteiger partial charge in [-0.3, -0.25) is 0 Å². The quantitative estimate of drug-likeness (QED) is 0.171. The van der Waals surface area contributed by atoms with Gasteiger partial charge in [0.05, 0.1) is 0 Å². The minimum atomic E-state index is -0.142. The van der Waals surface area contributed by atoms with E-state index < -0.39 is 0 Å². The van der Waals surface area contributed by atoms with E-state index in [0.717, 1.165) is 17.1 Å². The summed E-state index contributed by atoms with van der Waals surface area (Å²) < 4.78 is 2.61. The minimum Gasteiger partial charge on any atom is -0.310 e. The topological polar surface area (TPSA) is 3.24 Å². The van der Waals surface area contributed by atoms with E-state index >= 15 is 0 Å². The molecule has 0 bridgehead atoms. The maximum atomic E-state index is 2.47. The summed E-state index contributed by atoms with van der Waals surface area (Å²) >= 11 is 1.88. The van der Waals surface area contributed by atoms with Gasteiger partial charge in [-0.05, 0) is 136 Å². The van der Waals surface area contributed by atoms with E-state index in [9.17, 15) is 0 Å². The smallest absolute Gasteiger partial charge is 0.0468 e. The molecule has 306 valence electrons. The van der Waals surface area contributed by atoms with Crippen molar-refractivity contribution in [3.8, 4) is 22.3 Å². The van der Waals surface area contributed by atoms with Crippen molar-refractivity contribution >= 4 is 102 Å². The zero-order valence-corrected chi connectivity index (χ0v) is 37.0. The molecule has 0 fully saturated rings. The van der Waals surface area contributed by atoms with Crippen LogP contribution < -0.4 is 4.90 Å². The van der Waals surface area contributed by atoms with Crippen LogP contribution in [0.4, 0.5) is 17.1 Å². The fraction of sp³-hybridized carbons (Fsp3) is 0.0476. The standard InChI is InChI=1S/C63H43NS/c1-63(2)57-26-14-12-23-51(57)52-35-33-44(39-58(52)63)64(42-30-28-41(29-31-42)40-16-4-3-5-17-40)43-32-34-50-54-36-37-60-62(55-25-13-15-27-59(55)65-60)61(54)53-24-11-10-21-48(53)46-19-7-6-18-45(46)47-20-8-9-22-49(47)56(50)38-43/h3-39H,1-2H3. The number of hydrogen-bond donors (Lipinski definition) is 0. The molecule has 1 heterocycles. The monoisotopic (exact) mass is 845 g/mol. The van der Waals surface area contributed by atoms with Crippen LogP contribution in [-0.4, -0.2) is 0 Å². The normalized spacial score (nSPS) is 12.9. The summed E-state index contributed by atoms with van der Waals surface area (Å²) in [6.45, 7) is 4.74. The number of anilines is 3. The Morgan fingerprint density at radius 1 is 0.308 bits per heavy atom. The second-order valence-electron chi connectivity index (χ2n) is 18.0. The zero-order chi connectivity index (χ0) is 43.2. The molecule has 0 atom stereocenters. The fourth-order valence-corrected chi connectivity index (χ4v) is 12.1. The summed E-state index contributed by atoms with van der Waals surface area (Å²) in [7, 11) is 0. The zero-order valence-electron chi connectivity index (χ0n) is 36.2. The Morgan fingerprint density at radius 3 is 1.51 bits per heavy atom. The van der Waals surface area contributed by atoms with Gasteiger partial charge in [0.25, 0.3) is 0 Å². The third-order valence-corrected chi connectivity index (χ3v) is 15.2. The highest BCUT2D eigenvalue weighted by molar-refractivity contribution is 7.26. The fourth-order valence-electron chi connectivity index (χ4n) is 11.0. The first-order valence-corrected chi connectivity index (χ1v) is 23.4. The largest absolute Gasteiger partial charge is 0.310 e. The van der Waals surface area contributed by atoms with E-state index in [-0.39, 0.29) is 5.41 Å². The lowest BCUT2D eigenvalue weighted by atomic mass is 9.82. The molecule has 65 heavy (non-hydrogen) atoms. The second-order valence-corrected chi connectivity index (χ2v) is 19.1. The Labute approximate surface area is 382 Å². The SMILES string of the molecule is CC1(C)c2ccccc2-c2ccc(N(c3ccc(-c4ccccc4)cc3)c3ccc4c(c3)c3ccccc3c3ccccc3c3ccccc3c3c4ccc4sc5ccccc5c43)cc21. The number of rotatable bonds is 4. The molecule has 0 radical (unpaired) electrons. The van der Waals surface area contributed by atoms with Crippen molar-refractivity contribution in [2.75, 3.05) is 4.90 Å². The first-order chi connectivity index (χ1) is 32.0. The molecule has 1 aliphatic rings. The average molecular weight is 846 g/mol. The molecular formula is C63H43NS. The van der Waals surface area contributed by atoms with Crippen LogP contribution in [-0.2, 0) is 5.41 Å². The van der Waals surface area contributed by atoms with Gasteiger partial charge in [0.1, 0.15) is 0 Å². The van der Waals surface area contributed by atoms with Gasteiger partial charge in [-0.15, -0.1) is 11.3 Å². The Kier molecular flexibility index (Phi) is 8.50. The molecule has 0 saturated carbocycles. The van der Waals surface area contributed by atoms with E-state index in [0.29, 0.717) is 0 Å². The lowest BCUT2D eigenvalue weighted by Gasteiger charge is -2.28. The molecule has 11 aromatic carbocycles. The third-order valence-electron chi connectivity index (χ3n) is 14.1. The minimum absolute atomic E-state index is 0.142. The van der Waals surface area contributed by atoms with Gasteiger partial charge >= 0.3 is 0 Å². The van der Waals surface area contributed by atoms with Crippen LogP contribution in [0.25, 0.3) is 96.3 Å². The highest BCUT2D eigenvalue weighted by Crippen LogP contribution is 2.51. The summed E-state index contributed by atoms with van der Waals surface area (Å²) in [6, 6.07) is 83.8. The Bertz CT molecular complexity index is 3970. The summed E-state index contributed by atoms with van der Waals surface area (Å²) in [5, 5.41) is 14.9. The summed E-state index contributed by atoms with van der Waals surface area (Å²) in [5.74, 6) is 0. The summed E-state index contributed by atoms with van der Waals surface area (Å²) in [4.78, 5) is 2.47. The maximum absolute atomic E-state index is 2.47. The van der Waals surface area contributed by atoms with Crippen LogP contribution in [0.5, 0.6) is 0 Å². The van der Waals surface area contributed by atoms with E-state index in [2.05, 4.69) is 243 Å². The molecule has 1 aromatic heterocycles. The van der Waals surface area contributed by atoms with Crippen LogP contribution in [0.3, 0.4) is 0 Å². The van der Waals surface area contributed by atoms with Gasteiger partial charge in [0.2, 0.25) is 0 Å². The Hall–Kier alpha value is -7.78. The van der Waals surface area contributed by atoms with E-state index in [1.54, 1.807) is 0 Å². The van der Waals surface area contributed by atoms with Crippen molar-refractivity contribution in [3.63, 3.8) is 0 Å². The highest BCUT2D eigenvalue weighted by Gasteiger charge is 2.35. The lowest BCUT2D eigenvalue weighted by Crippen LogP contribution is -2.16. The van der Waals surface area contributed by atoms with Crippen molar-refractivity contribution in [3.05, 3.63) is 236 Å². The van der Waals surface area contributed by atoms with Crippen LogP contribution in [0.1, 0.15) is 25.0 Å². The molecule has 12 aromatic rings. The molecule has 0 aliphatic heterocycles. The predicted octanol–water partition coefficient (Wildman–Crippen LogP) is 18.4. The lowest BCUT2D eigenvalue weighted by molar-refractivity contribution is 0.660. The maximum Gasteiger partial charge on any atom is 0.0468 e. The number of benzene rings is 10. The van der Waals surface area contributed by atoms with Crippen molar-refractivity contribution in [2.45, 2.75) is 19.3 Å². The highest BCUT2D eigenvalue weighted by atomic mass is 32.1. The number of thiophene rings is 1. The van der Waals surface area contributed by atoms with E-state index in [1.165, 1.54) is 107 Å². The number of nitrogens with zero attached hydrogens (tertiary/aromatic N) is 1. The molecular weight excluding hydrogens is 803 g/mol. The third kappa shape index (κ3) is 5.84. The Morgan fingerprint density at radius 2 is 0.785 bits per heavy atom. The van der Waals surface area contributed by atoms with Gasteiger partial charge in [-0.25, -0.2) is 0 Å². The van der Waals surface area contributed by atoms with Gasteiger partial charge in [0.15, 0.2) is 0 Å². The molecule has 1 nitrogen and oxygen atoms in total. The van der Waals surface area contributed by atoms with E-state index in [4.69, 9.17) is 0 Å². The van der Waals surface area contributed by atoms with Crippen molar-refractivity contribution < 1.29 is 0 Å². The molecule has 2 heteroatoms. The van der Waals surface area contributed by atoms with Gasteiger partial charge in [-0.1, -0.05) is 190 Å². The number of fused-ring (bicyclic) bond motifs is 17. The van der Waals surface area contributed by atoms with Crippen molar-refractivity contribution in [1.29, 1.82) is 0 Å². The first-order valence-electron chi connectivity index (χ1n) is 22.6. The molecule has 0 unspecified atom stereocenters. The summed E-state index contributed by atoms with van der Waals surface area (Å²) in [6.07, 6.45) is 0. The molecule has 0 saturated heterocycles. The van der Waals surface area contributed by atoms with Crippen molar-refractivity contribution in [2.24, 2.45) is 0 Å². The molecule has 0 N–H and O–H groups in total. The average Bonchev–Trinajstić information content (AvgIpc) is 3.86. The van der Waals surface area contributed by atoms with E-state index in [1.807, 2.05) is 11.3 Å². The van der Waals surface area contributed by atoms with Gasteiger partial charge < -0.3 is 4.90 Å². The first kappa shape index (κ1) is 37.7. The molecule has 1 aliphatic carbocycles. The van der Waals surface area contributed by atoms with Crippen LogP contribution in [0.15, 0.2) is 224 Å². The molecule has 0 spiro atoms. The summed E-state index contributed by atoms with van der Waals surface area (Å²) in [5.41, 5.74) is 11.0. The predicted molar refractivity (Wildman–Crippen MR) is 282 cm³/mol. The molecule has 0 amide bonds. The second kappa shape index (κ2) is 14.6.